The van der Waals surface area contributed by atoms with Gasteiger partial charge in [-0.2, -0.15) is 0 Å². The number of nitrogens with zero attached hydrogens (tertiary/aromatic N) is 1. The van der Waals surface area contributed by atoms with Gasteiger partial charge >= 0.3 is 27.0 Å². The Morgan fingerprint density at radius 1 is 0.844 bits per heavy atom. The summed E-state index contributed by atoms with van der Waals surface area (Å²) in [4.78, 5) is 0. The SMILES string of the molecule is Cc1cccc(C)c1CCS(=O)(=O)[N-]C(c1ccccc1)C([NH-])c1ccccc1.[CH3-].[Cl][Ru+3]. The molecule has 1 N–H and O–H groups in total. The van der Waals surface area contributed by atoms with Gasteiger partial charge in [-0.1, -0.05) is 90.0 Å². The number of sulfonamides is 1. The van der Waals surface area contributed by atoms with Crippen LogP contribution in [0, 0.1) is 21.3 Å². The Kier molecular flexibility index (Phi) is 12.3. The van der Waals surface area contributed by atoms with E-state index in [9.17, 15) is 8.42 Å². The molecule has 0 aliphatic heterocycles. The van der Waals surface area contributed by atoms with Crippen LogP contribution in [0.3, 0.4) is 0 Å². The Morgan fingerprint density at radius 2 is 1.31 bits per heavy atom. The Hall–Kier alpha value is -1.56. The average molecular weight is 558 g/mol. The molecule has 0 amide bonds. The van der Waals surface area contributed by atoms with Gasteiger partial charge in [0.25, 0.3) is 0 Å². The number of hydrogen-bond acceptors (Lipinski definition) is 2. The molecule has 0 fully saturated rings. The summed E-state index contributed by atoms with van der Waals surface area (Å²) in [6.07, 6.45) is 0.417. The average Bonchev–Trinajstić information content (AvgIpc) is 2.79. The molecular weight excluding hydrogens is 529 g/mol. The van der Waals surface area contributed by atoms with E-state index in [1.807, 2.05) is 110 Å². The molecule has 0 heterocycles. The van der Waals surface area contributed by atoms with E-state index in [4.69, 9.17) is 5.73 Å². The Bertz CT molecular complexity index is 1030. The number of halogens is 1. The summed E-state index contributed by atoms with van der Waals surface area (Å²) in [7, 11) is 0.860. The van der Waals surface area contributed by atoms with E-state index in [-0.39, 0.29) is 13.2 Å². The molecule has 0 saturated carbocycles. The first-order valence-electron chi connectivity index (χ1n) is 9.81. The van der Waals surface area contributed by atoms with Gasteiger partial charge in [0.1, 0.15) is 0 Å². The molecule has 3 aromatic carbocycles. The van der Waals surface area contributed by atoms with Gasteiger partial charge in [-0.15, -0.1) is 12.1 Å². The van der Waals surface area contributed by atoms with Crippen molar-refractivity contribution >= 4 is 19.7 Å². The van der Waals surface area contributed by atoms with Gasteiger partial charge in [-0.25, -0.2) is 8.42 Å². The molecule has 32 heavy (non-hydrogen) atoms. The first kappa shape index (κ1) is 28.5. The van der Waals surface area contributed by atoms with Crippen LogP contribution >= 0.6 is 9.69 Å². The maximum absolute atomic E-state index is 12.9. The van der Waals surface area contributed by atoms with Gasteiger partial charge in [0.15, 0.2) is 0 Å². The van der Waals surface area contributed by atoms with Crippen LogP contribution in [-0.4, -0.2) is 14.2 Å². The minimum atomic E-state index is -3.71. The molecule has 4 nitrogen and oxygen atoms in total. The summed E-state index contributed by atoms with van der Waals surface area (Å²) in [6, 6.07) is 22.9. The monoisotopic (exact) mass is 558 g/mol. The van der Waals surface area contributed by atoms with Crippen LogP contribution < -0.4 is 0 Å². The van der Waals surface area contributed by atoms with Crippen LogP contribution in [0.5, 0.6) is 0 Å². The van der Waals surface area contributed by atoms with Gasteiger partial charge in [-0.05, 0) is 37.0 Å². The van der Waals surface area contributed by atoms with Crippen molar-refractivity contribution in [3.8, 4) is 0 Å². The van der Waals surface area contributed by atoms with Crippen molar-refractivity contribution in [1.29, 1.82) is 0 Å². The molecule has 172 valence electrons. The molecule has 0 bridgehead atoms. The van der Waals surface area contributed by atoms with E-state index in [2.05, 4.69) is 14.4 Å². The van der Waals surface area contributed by atoms with Crippen molar-refractivity contribution in [2.45, 2.75) is 32.4 Å². The second kappa shape index (κ2) is 13.9. The Labute approximate surface area is 207 Å². The van der Waals surface area contributed by atoms with E-state index in [0.717, 1.165) is 27.8 Å². The Morgan fingerprint density at radius 3 is 1.81 bits per heavy atom. The van der Waals surface area contributed by atoms with Crippen molar-refractivity contribution in [3.63, 3.8) is 0 Å². The zero-order valence-electron chi connectivity index (χ0n) is 18.5. The van der Waals surface area contributed by atoms with Crippen LogP contribution in [0.25, 0.3) is 10.5 Å². The van der Waals surface area contributed by atoms with Crippen LogP contribution in [0.15, 0.2) is 78.9 Å². The molecule has 0 aliphatic carbocycles. The van der Waals surface area contributed by atoms with Crippen molar-refractivity contribution in [3.05, 3.63) is 125 Å². The summed E-state index contributed by atoms with van der Waals surface area (Å²) in [5.74, 6) is -0.0659. The first-order chi connectivity index (χ1) is 14.9. The zero-order chi connectivity index (χ0) is 22.9. The Balaban J connectivity index is 0.00000166. The van der Waals surface area contributed by atoms with Gasteiger partial charge in [0.05, 0.1) is 10.0 Å². The topological polar surface area (TPSA) is 72.0 Å². The molecule has 7 heteroatoms. The predicted molar refractivity (Wildman–Crippen MR) is 132 cm³/mol. The maximum atomic E-state index is 12.9. The van der Waals surface area contributed by atoms with E-state index in [1.54, 1.807) is 0 Å². The third-order valence-corrected chi connectivity index (χ3v) is 6.41. The first-order valence-corrected chi connectivity index (χ1v) is 13.7. The molecule has 2 atom stereocenters. The summed E-state index contributed by atoms with van der Waals surface area (Å²) in [5, 5.41) is 0. The number of benzene rings is 3. The molecule has 0 radical (unpaired) electrons. The predicted octanol–water partition coefficient (Wildman–Crippen LogP) is 7.22. The number of aryl methyl sites for hydroxylation is 2. The molecule has 3 aromatic rings. The van der Waals surface area contributed by atoms with E-state index >= 15 is 0 Å². The summed E-state index contributed by atoms with van der Waals surface area (Å²) < 4.78 is 30.0. The van der Waals surface area contributed by atoms with E-state index in [1.165, 1.54) is 0 Å². The summed E-state index contributed by atoms with van der Waals surface area (Å²) in [5.41, 5.74) is 13.4. The normalized spacial score (nSPS) is 12.6. The van der Waals surface area contributed by atoms with Crippen LogP contribution in [0.2, 0.25) is 0 Å². The van der Waals surface area contributed by atoms with Gasteiger partial charge < -0.3 is 17.9 Å². The molecular formula is C25H29ClN2O2RuS. The van der Waals surface area contributed by atoms with Crippen LogP contribution in [0.4, 0.5) is 0 Å². The molecule has 0 aliphatic rings. The fraction of sp³-hybridized carbons (Fsp3) is 0.240. The van der Waals surface area contributed by atoms with Gasteiger partial charge in [0.2, 0.25) is 0 Å². The molecule has 0 aromatic heterocycles. The van der Waals surface area contributed by atoms with Gasteiger partial charge in [-0.3, -0.25) is 0 Å². The van der Waals surface area contributed by atoms with Crippen molar-refractivity contribution in [2.24, 2.45) is 0 Å². The van der Waals surface area contributed by atoms with E-state index in [0.29, 0.717) is 6.42 Å². The van der Waals surface area contributed by atoms with E-state index < -0.39 is 22.1 Å². The quantitative estimate of drug-likeness (QED) is 0.217. The van der Waals surface area contributed by atoms with Crippen molar-refractivity contribution in [1.82, 2.24) is 0 Å². The van der Waals surface area contributed by atoms with Crippen LogP contribution in [0.1, 0.15) is 39.9 Å². The van der Waals surface area contributed by atoms with Crippen LogP contribution in [-0.2, 0) is 33.8 Å². The molecule has 0 saturated heterocycles. The second-order valence-electron chi connectivity index (χ2n) is 7.26. The summed E-state index contributed by atoms with van der Waals surface area (Å²) in [6.45, 7) is 3.99. The van der Waals surface area contributed by atoms with Gasteiger partial charge in [0, 0.05) is 5.75 Å². The fourth-order valence-corrected chi connectivity index (χ4v) is 4.66. The third-order valence-electron chi connectivity index (χ3n) is 5.14. The third kappa shape index (κ3) is 8.09. The second-order valence-corrected chi connectivity index (χ2v) is 9.04. The standard InChI is InChI=1S/C24H26N2O2S.CH3.ClH.Ru/c1-18-10-9-11-19(2)22(18)16-17-29(27,28)26-24(21-14-7-4-8-15-21)23(25)20-12-5-3-6-13-20;;;/h3-15,23-25H,16-17H2,1-2H3;1H3;1H;/q-2;-1;;+4/p-1. The fourth-order valence-electron chi connectivity index (χ4n) is 3.51. The van der Waals surface area contributed by atoms with Crippen molar-refractivity contribution in [2.75, 3.05) is 5.75 Å². The number of nitrogens with one attached hydrogen (secondary N) is 1. The zero-order valence-corrected chi connectivity index (χ0v) is 21.8. The van der Waals surface area contributed by atoms with Crippen molar-refractivity contribution < 1.29 is 25.7 Å². The number of rotatable bonds is 8. The summed E-state index contributed by atoms with van der Waals surface area (Å²) >= 11 is 1.82. The molecule has 2 unspecified atom stereocenters. The minimum absolute atomic E-state index is 0. The molecule has 3 rings (SSSR count). The molecule has 0 spiro atoms. The number of hydrogen-bond donors (Lipinski definition) is 0.